The van der Waals surface area contributed by atoms with Gasteiger partial charge in [-0.2, -0.15) is 0 Å². The molecule has 0 radical (unpaired) electrons. The van der Waals surface area contributed by atoms with Crippen molar-refractivity contribution in [2.24, 2.45) is 0 Å². The lowest BCUT2D eigenvalue weighted by Crippen LogP contribution is -2.48. The molecule has 0 aliphatic rings. The third-order valence-electron chi connectivity index (χ3n) is 10.7. The lowest BCUT2D eigenvalue weighted by Gasteiger charge is -2.21. The molecule has 0 aromatic rings. The van der Waals surface area contributed by atoms with Crippen molar-refractivity contribution >= 4 is 5.91 Å². The van der Waals surface area contributed by atoms with Crippen LogP contribution in [0.4, 0.5) is 0 Å². The van der Waals surface area contributed by atoms with Gasteiger partial charge in [-0.3, -0.25) is 4.79 Å². The predicted molar refractivity (Wildman–Crippen MR) is 231 cm³/mol. The maximum Gasteiger partial charge on any atom is 0.249 e. The standard InChI is InChI=1S/C48H91NO4/c1-3-5-7-9-11-13-15-17-19-21-22-23-24-25-27-28-30-32-34-36-38-40-42-46(51)45(44-50)49-48(53)47(52)43-41-39-37-35-33-31-29-26-20-18-16-14-12-10-8-6-4-2/h29,31-32,34,40,42,45-47,50-52H,3-28,30,33,35-39,41,43-44H2,1-2H3,(H,49,53)/b31-29-,34-32+,42-40+. The van der Waals surface area contributed by atoms with Gasteiger partial charge < -0.3 is 20.6 Å². The zero-order valence-corrected chi connectivity index (χ0v) is 35.4. The summed E-state index contributed by atoms with van der Waals surface area (Å²) in [6.45, 7) is 4.18. The fourth-order valence-corrected chi connectivity index (χ4v) is 7.02. The van der Waals surface area contributed by atoms with Gasteiger partial charge in [0.05, 0.1) is 18.8 Å². The number of aliphatic hydroxyl groups is 3. The van der Waals surface area contributed by atoms with Crippen molar-refractivity contribution in [3.8, 4) is 0 Å². The van der Waals surface area contributed by atoms with E-state index in [2.05, 4.69) is 43.5 Å². The van der Waals surface area contributed by atoms with E-state index in [1.54, 1.807) is 6.08 Å². The summed E-state index contributed by atoms with van der Waals surface area (Å²) in [6.07, 6.45) is 54.7. The van der Waals surface area contributed by atoms with Crippen LogP contribution >= 0.6 is 0 Å². The molecular formula is C48H91NO4. The maximum atomic E-state index is 12.5. The highest BCUT2D eigenvalue weighted by Gasteiger charge is 2.22. The molecule has 312 valence electrons. The van der Waals surface area contributed by atoms with E-state index >= 15 is 0 Å². The van der Waals surface area contributed by atoms with Crippen LogP contribution in [0.15, 0.2) is 36.5 Å². The van der Waals surface area contributed by atoms with Gasteiger partial charge in [-0.15, -0.1) is 0 Å². The third kappa shape index (κ3) is 38.6. The van der Waals surface area contributed by atoms with E-state index in [9.17, 15) is 20.1 Å². The molecule has 53 heavy (non-hydrogen) atoms. The van der Waals surface area contributed by atoms with Gasteiger partial charge in [0, 0.05) is 0 Å². The van der Waals surface area contributed by atoms with Crippen LogP contribution in [-0.2, 0) is 4.79 Å². The minimum absolute atomic E-state index is 0.379. The Morgan fingerprint density at radius 2 is 0.774 bits per heavy atom. The highest BCUT2D eigenvalue weighted by atomic mass is 16.3. The molecule has 3 unspecified atom stereocenters. The van der Waals surface area contributed by atoms with Crippen molar-refractivity contribution in [2.75, 3.05) is 6.61 Å². The minimum atomic E-state index is -1.11. The molecule has 0 bridgehead atoms. The number of allylic oxidation sites excluding steroid dienone is 5. The molecule has 0 heterocycles. The predicted octanol–water partition coefficient (Wildman–Crippen LogP) is 13.5. The number of rotatable bonds is 42. The summed E-state index contributed by atoms with van der Waals surface area (Å²) in [7, 11) is 0. The molecular weight excluding hydrogens is 655 g/mol. The van der Waals surface area contributed by atoms with Crippen LogP contribution in [-0.4, -0.2) is 46.1 Å². The van der Waals surface area contributed by atoms with Gasteiger partial charge >= 0.3 is 0 Å². The molecule has 0 rings (SSSR count). The monoisotopic (exact) mass is 746 g/mol. The molecule has 5 heteroatoms. The van der Waals surface area contributed by atoms with Crippen molar-refractivity contribution < 1.29 is 20.1 Å². The van der Waals surface area contributed by atoms with Gasteiger partial charge in [0.1, 0.15) is 6.10 Å². The average Bonchev–Trinajstić information content (AvgIpc) is 3.16. The number of hydrogen-bond acceptors (Lipinski definition) is 4. The second-order valence-electron chi connectivity index (χ2n) is 16.0. The number of carbonyl (C=O) groups excluding carboxylic acids is 1. The zero-order valence-electron chi connectivity index (χ0n) is 35.4. The molecule has 1 amide bonds. The Kier molecular flexibility index (Phi) is 42.1. The van der Waals surface area contributed by atoms with Crippen LogP contribution in [0, 0.1) is 0 Å². The summed E-state index contributed by atoms with van der Waals surface area (Å²) >= 11 is 0. The lowest BCUT2D eigenvalue weighted by molar-refractivity contribution is -0.131. The molecule has 3 atom stereocenters. The Balaban J connectivity index is 3.70. The summed E-state index contributed by atoms with van der Waals surface area (Å²) in [5.41, 5.74) is 0. The Hall–Kier alpha value is -1.43. The SMILES string of the molecule is CCCCCCCCCCC/C=C\CCCCCCC(O)C(=O)NC(CO)C(O)/C=C/CC/C=C/CCCCCCCCCCCCCCCCCC. The Morgan fingerprint density at radius 3 is 1.15 bits per heavy atom. The summed E-state index contributed by atoms with van der Waals surface area (Å²) in [6, 6.07) is -0.818. The van der Waals surface area contributed by atoms with Crippen molar-refractivity contribution in [1.29, 1.82) is 0 Å². The third-order valence-corrected chi connectivity index (χ3v) is 10.7. The van der Waals surface area contributed by atoms with Gasteiger partial charge in [0.2, 0.25) is 5.91 Å². The van der Waals surface area contributed by atoms with E-state index in [0.717, 1.165) is 51.4 Å². The van der Waals surface area contributed by atoms with Crippen molar-refractivity contribution in [2.45, 2.75) is 257 Å². The number of nitrogens with one attached hydrogen (secondary N) is 1. The largest absolute Gasteiger partial charge is 0.394 e. The molecule has 0 fully saturated rings. The quantitative estimate of drug-likeness (QED) is 0.0370. The van der Waals surface area contributed by atoms with Crippen LogP contribution in [0.1, 0.15) is 239 Å². The average molecular weight is 746 g/mol. The first-order valence-corrected chi connectivity index (χ1v) is 23.3. The van der Waals surface area contributed by atoms with Crippen LogP contribution in [0.3, 0.4) is 0 Å². The smallest absolute Gasteiger partial charge is 0.249 e. The molecule has 0 saturated carbocycles. The van der Waals surface area contributed by atoms with Crippen LogP contribution in [0.25, 0.3) is 0 Å². The molecule has 0 aliphatic heterocycles. The highest BCUT2D eigenvalue weighted by molar-refractivity contribution is 5.80. The Bertz CT molecular complexity index is 824. The van der Waals surface area contributed by atoms with Crippen LogP contribution in [0.5, 0.6) is 0 Å². The van der Waals surface area contributed by atoms with Gasteiger partial charge in [-0.05, 0) is 57.8 Å². The lowest BCUT2D eigenvalue weighted by atomic mass is 10.0. The van der Waals surface area contributed by atoms with E-state index in [0.29, 0.717) is 6.42 Å². The van der Waals surface area contributed by atoms with Gasteiger partial charge in [0.15, 0.2) is 0 Å². The molecule has 0 aromatic carbocycles. The summed E-state index contributed by atoms with van der Waals surface area (Å²) in [5, 5.41) is 33.1. The van der Waals surface area contributed by atoms with Crippen molar-refractivity contribution in [1.82, 2.24) is 5.32 Å². The first kappa shape index (κ1) is 51.6. The van der Waals surface area contributed by atoms with Crippen molar-refractivity contribution in [3.63, 3.8) is 0 Å². The van der Waals surface area contributed by atoms with E-state index in [1.165, 1.54) is 167 Å². The number of amides is 1. The Morgan fingerprint density at radius 1 is 0.453 bits per heavy atom. The normalized spacial score (nSPS) is 13.8. The number of hydrogen-bond donors (Lipinski definition) is 4. The molecule has 0 aromatic heterocycles. The number of carbonyl (C=O) groups is 1. The van der Waals surface area contributed by atoms with Gasteiger partial charge in [-0.25, -0.2) is 0 Å². The topological polar surface area (TPSA) is 89.8 Å². The second-order valence-corrected chi connectivity index (χ2v) is 16.0. The van der Waals surface area contributed by atoms with Gasteiger partial charge in [-0.1, -0.05) is 217 Å². The molecule has 0 saturated heterocycles. The van der Waals surface area contributed by atoms with E-state index in [1.807, 2.05) is 6.08 Å². The maximum absolute atomic E-state index is 12.5. The molecule has 0 spiro atoms. The molecule has 4 N–H and O–H groups in total. The highest BCUT2D eigenvalue weighted by Crippen LogP contribution is 2.15. The number of aliphatic hydroxyl groups excluding tert-OH is 3. The first-order valence-electron chi connectivity index (χ1n) is 23.3. The Labute approximate surface area is 330 Å². The summed E-state index contributed by atoms with van der Waals surface area (Å²) in [5.74, 6) is -0.520. The van der Waals surface area contributed by atoms with E-state index in [4.69, 9.17) is 0 Å². The summed E-state index contributed by atoms with van der Waals surface area (Å²) < 4.78 is 0. The first-order chi connectivity index (χ1) is 26.1. The second kappa shape index (κ2) is 43.3. The van der Waals surface area contributed by atoms with E-state index < -0.39 is 24.2 Å². The minimum Gasteiger partial charge on any atom is -0.394 e. The molecule has 5 nitrogen and oxygen atoms in total. The van der Waals surface area contributed by atoms with Gasteiger partial charge in [0.25, 0.3) is 0 Å². The van der Waals surface area contributed by atoms with E-state index in [-0.39, 0.29) is 6.61 Å². The fraction of sp³-hybridized carbons (Fsp3) is 0.854. The van der Waals surface area contributed by atoms with Crippen molar-refractivity contribution in [3.05, 3.63) is 36.5 Å². The fourth-order valence-electron chi connectivity index (χ4n) is 7.02. The number of unbranched alkanes of at least 4 members (excludes halogenated alkanes) is 30. The summed E-state index contributed by atoms with van der Waals surface area (Å²) in [4.78, 5) is 12.5. The van der Waals surface area contributed by atoms with Crippen LogP contribution < -0.4 is 5.32 Å². The zero-order chi connectivity index (χ0) is 38.7. The van der Waals surface area contributed by atoms with Crippen LogP contribution in [0.2, 0.25) is 0 Å². The molecule has 0 aliphatic carbocycles.